The number of nitrogens with one attached hydrogen (secondary N) is 1. The van der Waals surface area contributed by atoms with Crippen molar-refractivity contribution in [1.82, 2.24) is 20.3 Å². The summed E-state index contributed by atoms with van der Waals surface area (Å²) in [5.41, 5.74) is 0.617. The predicted octanol–water partition coefficient (Wildman–Crippen LogP) is 1.26. The van der Waals surface area contributed by atoms with Crippen LogP contribution in [0.25, 0.3) is 0 Å². The monoisotopic (exact) mass is 224 g/mol. The Morgan fingerprint density at radius 2 is 2.31 bits per heavy atom. The molecule has 90 valence electrons. The molecule has 0 fully saturated rings. The molecule has 1 atom stereocenters. The fourth-order valence-electron chi connectivity index (χ4n) is 1.65. The molecule has 16 heavy (non-hydrogen) atoms. The second kappa shape index (κ2) is 6.37. The van der Waals surface area contributed by atoms with Crippen LogP contribution in [-0.4, -0.2) is 33.4 Å². The summed E-state index contributed by atoms with van der Waals surface area (Å²) in [6, 6.07) is 0.197. The van der Waals surface area contributed by atoms with E-state index in [1.54, 1.807) is 10.9 Å². The summed E-state index contributed by atoms with van der Waals surface area (Å²) >= 11 is 0. The van der Waals surface area contributed by atoms with Crippen LogP contribution in [0.5, 0.6) is 0 Å². The van der Waals surface area contributed by atoms with Gasteiger partial charge in [-0.1, -0.05) is 19.1 Å². The molecule has 0 amide bonds. The van der Waals surface area contributed by atoms with Crippen LogP contribution in [0.3, 0.4) is 0 Å². The van der Waals surface area contributed by atoms with E-state index in [9.17, 15) is 4.79 Å². The molecule has 0 aliphatic carbocycles. The van der Waals surface area contributed by atoms with Gasteiger partial charge in [-0.25, -0.2) is 4.68 Å². The van der Waals surface area contributed by atoms with E-state index < -0.39 is 0 Å². The molecule has 0 aliphatic rings. The number of aromatic nitrogens is 3. The van der Waals surface area contributed by atoms with Crippen molar-refractivity contribution in [2.24, 2.45) is 0 Å². The van der Waals surface area contributed by atoms with Gasteiger partial charge in [0, 0.05) is 19.0 Å². The summed E-state index contributed by atoms with van der Waals surface area (Å²) in [5.74, 6) is 0.104. The van der Waals surface area contributed by atoms with Crippen LogP contribution in [-0.2, 0) is 6.54 Å². The minimum atomic E-state index is 0.104. The molecular weight excluding hydrogens is 204 g/mol. The van der Waals surface area contributed by atoms with E-state index >= 15 is 0 Å². The van der Waals surface area contributed by atoms with Crippen molar-refractivity contribution < 1.29 is 4.79 Å². The van der Waals surface area contributed by atoms with E-state index in [-0.39, 0.29) is 11.8 Å². The van der Waals surface area contributed by atoms with E-state index in [2.05, 4.69) is 22.6 Å². The smallest absolute Gasteiger partial charge is 0.184 e. The van der Waals surface area contributed by atoms with Gasteiger partial charge < -0.3 is 5.32 Å². The predicted molar refractivity (Wildman–Crippen MR) is 62.4 cm³/mol. The minimum absolute atomic E-state index is 0.104. The van der Waals surface area contributed by atoms with Crippen molar-refractivity contribution in [3.8, 4) is 0 Å². The first-order valence-electron chi connectivity index (χ1n) is 5.84. The Kier molecular flexibility index (Phi) is 5.11. The van der Waals surface area contributed by atoms with Crippen LogP contribution in [0.4, 0.5) is 0 Å². The van der Waals surface area contributed by atoms with Crippen molar-refractivity contribution in [3.63, 3.8) is 0 Å². The zero-order valence-electron chi connectivity index (χ0n) is 10.2. The molecule has 5 nitrogen and oxygen atoms in total. The first-order valence-corrected chi connectivity index (χ1v) is 5.84. The van der Waals surface area contributed by atoms with Crippen molar-refractivity contribution >= 4 is 5.78 Å². The van der Waals surface area contributed by atoms with E-state index in [0.717, 1.165) is 19.5 Å². The first kappa shape index (κ1) is 12.8. The number of nitrogens with zero attached hydrogens (tertiary/aromatic N) is 3. The quantitative estimate of drug-likeness (QED) is 0.708. The molecule has 0 aliphatic heterocycles. The molecule has 0 bridgehead atoms. The molecule has 0 spiro atoms. The number of hydrogen-bond acceptors (Lipinski definition) is 4. The van der Waals surface area contributed by atoms with Gasteiger partial charge in [0.05, 0.1) is 6.20 Å². The molecule has 0 saturated carbocycles. The Morgan fingerprint density at radius 3 is 2.94 bits per heavy atom. The number of carbonyl (C=O) groups excluding carboxylic acids is 1. The van der Waals surface area contributed by atoms with Crippen molar-refractivity contribution in [1.29, 1.82) is 0 Å². The van der Waals surface area contributed by atoms with Crippen molar-refractivity contribution in [3.05, 3.63) is 11.9 Å². The Morgan fingerprint density at radius 1 is 1.56 bits per heavy atom. The van der Waals surface area contributed by atoms with E-state index in [0.29, 0.717) is 12.1 Å². The second-order valence-electron chi connectivity index (χ2n) is 3.93. The SMILES string of the molecule is CCCn1nncc1C(=O)CC(C)NCC. The molecule has 1 rings (SSSR count). The Labute approximate surface area is 96.2 Å². The zero-order valence-corrected chi connectivity index (χ0v) is 10.2. The summed E-state index contributed by atoms with van der Waals surface area (Å²) in [6.07, 6.45) is 2.99. The number of carbonyl (C=O) groups is 1. The van der Waals surface area contributed by atoms with Crippen LogP contribution >= 0.6 is 0 Å². The third-order valence-corrected chi connectivity index (χ3v) is 2.38. The van der Waals surface area contributed by atoms with E-state index in [1.165, 1.54) is 0 Å². The van der Waals surface area contributed by atoms with Gasteiger partial charge in [-0.2, -0.15) is 0 Å². The van der Waals surface area contributed by atoms with Crippen LogP contribution in [0.2, 0.25) is 0 Å². The van der Waals surface area contributed by atoms with Gasteiger partial charge >= 0.3 is 0 Å². The van der Waals surface area contributed by atoms with E-state index in [4.69, 9.17) is 0 Å². The van der Waals surface area contributed by atoms with Gasteiger partial charge in [0.15, 0.2) is 5.78 Å². The third-order valence-electron chi connectivity index (χ3n) is 2.38. The molecule has 1 aromatic heterocycles. The minimum Gasteiger partial charge on any atom is -0.314 e. The molecule has 1 heterocycles. The lowest BCUT2D eigenvalue weighted by Crippen LogP contribution is -2.28. The zero-order chi connectivity index (χ0) is 12.0. The number of hydrogen-bond donors (Lipinski definition) is 1. The highest BCUT2D eigenvalue weighted by Gasteiger charge is 2.15. The maximum Gasteiger partial charge on any atom is 0.184 e. The molecule has 1 aromatic rings. The first-order chi connectivity index (χ1) is 7.69. The van der Waals surface area contributed by atoms with Crippen molar-refractivity contribution in [2.45, 2.75) is 46.2 Å². The summed E-state index contributed by atoms with van der Waals surface area (Å²) in [6.45, 7) is 7.72. The number of aryl methyl sites for hydroxylation is 1. The second-order valence-corrected chi connectivity index (χ2v) is 3.93. The fourth-order valence-corrected chi connectivity index (χ4v) is 1.65. The maximum atomic E-state index is 11.9. The van der Waals surface area contributed by atoms with Gasteiger partial charge in [0.2, 0.25) is 0 Å². The highest BCUT2D eigenvalue weighted by atomic mass is 16.1. The van der Waals surface area contributed by atoms with Gasteiger partial charge in [-0.3, -0.25) is 4.79 Å². The van der Waals surface area contributed by atoms with Crippen LogP contribution in [0, 0.1) is 0 Å². The number of Topliss-reactive ketones (excluding diaryl/α,β-unsaturated/α-hetero) is 1. The highest BCUT2D eigenvalue weighted by Crippen LogP contribution is 2.04. The van der Waals surface area contributed by atoms with Gasteiger partial charge in [-0.15, -0.1) is 5.10 Å². The fraction of sp³-hybridized carbons (Fsp3) is 0.727. The number of ketones is 1. The van der Waals surface area contributed by atoms with Crippen LogP contribution < -0.4 is 5.32 Å². The third kappa shape index (κ3) is 3.41. The average Bonchev–Trinajstić information content (AvgIpc) is 2.66. The summed E-state index contributed by atoms with van der Waals surface area (Å²) in [4.78, 5) is 11.9. The molecule has 1 N–H and O–H groups in total. The van der Waals surface area contributed by atoms with Crippen LogP contribution in [0.1, 0.15) is 44.1 Å². The molecule has 0 saturated heterocycles. The van der Waals surface area contributed by atoms with Crippen molar-refractivity contribution in [2.75, 3.05) is 6.54 Å². The summed E-state index contributed by atoms with van der Waals surface area (Å²) < 4.78 is 1.68. The Bertz CT molecular complexity index is 334. The van der Waals surface area contributed by atoms with Gasteiger partial charge in [0.25, 0.3) is 0 Å². The Balaban J connectivity index is 2.61. The summed E-state index contributed by atoms with van der Waals surface area (Å²) in [7, 11) is 0. The molecule has 1 unspecified atom stereocenters. The highest BCUT2D eigenvalue weighted by molar-refractivity contribution is 5.94. The molecule has 0 aromatic carbocycles. The average molecular weight is 224 g/mol. The van der Waals surface area contributed by atoms with E-state index in [1.807, 2.05) is 13.8 Å². The molecule has 5 heteroatoms. The lowest BCUT2D eigenvalue weighted by Gasteiger charge is -2.11. The lowest BCUT2D eigenvalue weighted by molar-refractivity contribution is 0.0961. The largest absolute Gasteiger partial charge is 0.314 e. The van der Waals surface area contributed by atoms with Gasteiger partial charge in [0.1, 0.15) is 5.69 Å². The van der Waals surface area contributed by atoms with Gasteiger partial charge in [-0.05, 0) is 19.9 Å². The lowest BCUT2D eigenvalue weighted by atomic mass is 10.1. The molecule has 0 radical (unpaired) electrons. The molecular formula is C11H20N4O. The summed E-state index contributed by atoms with van der Waals surface area (Å²) in [5, 5.41) is 10.9. The normalized spacial score (nSPS) is 12.7. The Hall–Kier alpha value is -1.23. The maximum absolute atomic E-state index is 11.9. The standard InChI is InChI=1S/C11H20N4O/c1-4-6-15-10(8-13-14-15)11(16)7-9(3)12-5-2/h8-9,12H,4-7H2,1-3H3. The van der Waals surface area contributed by atoms with Crippen LogP contribution in [0.15, 0.2) is 6.20 Å². The topological polar surface area (TPSA) is 59.8 Å². The number of rotatable bonds is 7.